The minimum Gasteiger partial charge on any atom is -0.494 e. The van der Waals surface area contributed by atoms with Gasteiger partial charge in [-0.1, -0.05) is 60.7 Å². The van der Waals surface area contributed by atoms with Gasteiger partial charge in [-0.15, -0.1) is 0 Å². The summed E-state index contributed by atoms with van der Waals surface area (Å²) in [5.74, 6) is -0.192. The highest BCUT2D eigenvalue weighted by Crippen LogP contribution is 2.23. The first-order valence-corrected chi connectivity index (χ1v) is 14.8. The number of ether oxygens (including phenoxy) is 1. The lowest BCUT2D eigenvalue weighted by Crippen LogP contribution is -2.54. The molecule has 0 saturated heterocycles. The van der Waals surface area contributed by atoms with Crippen LogP contribution in [0.25, 0.3) is 0 Å². The summed E-state index contributed by atoms with van der Waals surface area (Å²) in [5.41, 5.74) is 2.05. The third-order valence-corrected chi connectivity index (χ3v) is 7.15. The number of nitrogens with one attached hydrogen (secondary N) is 1. The Bertz CT molecular complexity index is 1310. The van der Waals surface area contributed by atoms with Gasteiger partial charge in [0, 0.05) is 19.0 Å². The van der Waals surface area contributed by atoms with Crippen molar-refractivity contribution >= 4 is 27.5 Å². The van der Waals surface area contributed by atoms with E-state index >= 15 is 0 Å². The van der Waals surface area contributed by atoms with Crippen molar-refractivity contribution in [1.82, 2.24) is 10.2 Å². The maximum absolute atomic E-state index is 14.0. The van der Waals surface area contributed by atoms with Crippen molar-refractivity contribution < 1.29 is 22.7 Å². The molecule has 8 nitrogen and oxygen atoms in total. The minimum atomic E-state index is -3.82. The molecule has 0 aromatic heterocycles. The largest absolute Gasteiger partial charge is 0.494 e. The molecule has 0 spiro atoms. The maximum Gasteiger partial charge on any atom is 0.244 e. The Morgan fingerprint density at radius 3 is 1.95 bits per heavy atom. The second-order valence-corrected chi connectivity index (χ2v) is 11.5. The summed E-state index contributed by atoms with van der Waals surface area (Å²) in [6.45, 7) is 5.74. The molecule has 0 aliphatic heterocycles. The van der Waals surface area contributed by atoms with Crippen molar-refractivity contribution in [2.45, 2.75) is 45.8 Å². The van der Waals surface area contributed by atoms with Gasteiger partial charge in [-0.25, -0.2) is 8.42 Å². The zero-order valence-corrected chi connectivity index (χ0v) is 23.7. The van der Waals surface area contributed by atoms with E-state index in [0.717, 1.165) is 21.7 Å². The number of anilines is 1. The molecule has 0 fully saturated rings. The van der Waals surface area contributed by atoms with Crippen molar-refractivity contribution in [2.24, 2.45) is 0 Å². The number of carbonyl (C=O) groups excluding carboxylic acids is 2. The van der Waals surface area contributed by atoms with Crippen LogP contribution in [0.2, 0.25) is 0 Å². The summed E-state index contributed by atoms with van der Waals surface area (Å²) >= 11 is 0. The molecule has 1 N–H and O–H groups in total. The quantitative estimate of drug-likeness (QED) is 0.346. The Morgan fingerprint density at radius 2 is 1.44 bits per heavy atom. The third kappa shape index (κ3) is 8.85. The van der Waals surface area contributed by atoms with Crippen LogP contribution in [-0.4, -0.2) is 56.6 Å². The fourth-order valence-electron chi connectivity index (χ4n) is 4.20. The van der Waals surface area contributed by atoms with E-state index in [4.69, 9.17) is 4.74 Å². The predicted octanol–water partition coefficient (Wildman–Crippen LogP) is 4.02. The normalized spacial score (nSPS) is 12.0. The first-order valence-electron chi connectivity index (χ1n) is 13.0. The van der Waals surface area contributed by atoms with Gasteiger partial charge in [0.1, 0.15) is 18.3 Å². The topological polar surface area (TPSA) is 96.0 Å². The Labute approximate surface area is 231 Å². The van der Waals surface area contributed by atoms with Crippen LogP contribution in [0.4, 0.5) is 5.69 Å². The lowest BCUT2D eigenvalue weighted by Gasteiger charge is -2.34. The second-order valence-electron chi connectivity index (χ2n) is 9.57. The van der Waals surface area contributed by atoms with E-state index in [1.54, 1.807) is 24.3 Å². The second kappa shape index (κ2) is 13.8. The lowest BCUT2D eigenvalue weighted by atomic mass is 10.0. The minimum absolute atomic E-state index is 0.138. The van der Waals surface area contributed by atoms with E-state index in [-0.39, 0.29) is 24.9 Å². The summed E-state index contributed by atoms with van der Waals surface area (Å²) in [6.07, 6.45) is 1.34. The van der Waals surface area contributed by atoms with E-state index < -0.39 is 28.5 Å². The van der Waals surface area contributed by atoms with Crippen LogP contribution in [0.3, 0.4) is 0 Å². The van der Waals surface area contributed by atoms with E-state index in [1.165, 1.54) is 4.90 Å². The summed E-state index contributed by atoms with van der Waals surface area (Å²) in [6, 6.07) is 24.4. The van der Waals surface area contributed by atoms with E-state index in [9.17, 15) is 18.0 Å². The molecule has 0 radical (unpaired) electrons. The van der Waals surface area contributed by atoms with Crippen LogP contribution in [0.1, 0.15) is 31.9 Å². The van der Waals surface area contributed by atoms with Crippen molar-refractivity contribution in [2.75, 3.05) is 23.7 Å². The third-order valence-electron chi connectivity index (χ3n) is 6.01. The monoisotopic (exact) mass is 551 g/mol. The fraction of sp³-hybridized carbons (Fsp3) is 0.333. The summed E-state index contributed by atoms with van der Waals surface area (Å²) in [5, 5.41) is 2.94. The Morgan fingerprint density at radius 1 is 0.872 bits per heavy atom. The van der Waals surface area contributed by atoms with Gasteiger partial charge in [0.25, 0.3) is 0 Å². The standard InChI is InChI=1S/C30H37N3O5S/c1-5-38-27-18-16-26(17-19-27)33(39(4,36)37)22-29(34)32(21-25-14-10-7-11-15-25)28(30(35)31-23(2)3)20-24-12-8-6-9-13-24/h6-19,23,28H,5,20-22H2,1-4H3,(H,31,35). The highest BCUT2D eigenvalue weighted by Gasteiger charge is 2.33. The number of sulfonamides is 1. The highest BCUT2D eigenvalue weighted by atomic mass is 32.2. The molecule has 3 rings (SSSR count). The Kier molecular flexibility index (Phi) is 10.5. The first-order chi connectivity index (χ1) is 18.6. The molecule has 0 aliphatic rings. The summed E-state index contributed by atoms with van der Waals surface area (Å²) < 4.78 is 32.2. The smallest absolute Gasteiger partial charge is 0.244 e. The predicted molar refractivity (Wildman–Crippen MR) is 154 cm³/mol. The zero-order chi connectivity index (χ0) is 28.4. The molecule has 0 heterocycles. The SMILES string of the molecule is CCOc1ccc(N(CC(=O)N(Cc2ccccc2)C(Cc2ccccc2)C(=O)NC(C)C)S(C)(=O)=O)cc1. The van der Waals surface area contributed by atoms with Crippen LogP contribution < -0.4 is 14.4 Å². The van der Waals surface area contributed by atoms with Gasteiger partial charge in [0.05, 0.1) is 18.6 Å². The van der Waals surface area contributed by atoms with Crippen LogP contribution in [-0.2, 0) is 32.6 Å². The number of benzene rings is 3. The van der Waals surface area contributed by atoms with Crippen LogP contribution >= 0.6 is 0 Å². The van der Waals surface area contributed by atoms with Gasteiger partial charge < -0.3 is 15.0 Å². The van der Waals surface area contributed by atoms with Gasteiger partial charge in [-0.05, 0) is 56.2 Å². The molecule has 39 heavy (non-hydrogen) atoms. The Hall–Kier alpha value is -3.85. The molecule has 3 aromatic rings. The molecule has 3 aromatic carbocycles. The maximum atomic E-state index is 14.0. The molecular formula is C30H37N3O5S. The molecular weight excluding hydrogens is 514 g/mol. The molecule has 2 amide bonds. The molecule has 0 saturated carbocycles. The highest BCUT2D eigenvalue weighted by molar-refractivity contribution is 7.92. The van der Waals surface area contributed by atoms with Gasteiger partial charge in [-0.3, -0.25) is 13.9 Å². The molecule has 1 atom stereocenters. The van der Waals surface area contributed by atoms with Crippen LogP contribution in [0.5, 0.6) is 5.75 Å². The number of rotatable bonds is 13. The Balaban J connectivity index is 2.01. The number of hydrogen-bond acceptors (Lipinski definition) is 5. The number of hydrogen-bond donors (Lipinski definition) is 1. The van der Waals surface area contributed by atoms with E-state index in [0.29, 0.717) is 18.0 Å². The summed E-state index contributed by atoms with van der Waals surface area (Å²) in [4.78, 5) is 29.0. The van der Waals surface area contributed by atoms with Gasteiger partial charge in [-0.2, -0.15) is 0 Å². The van der Waals surface area contributed by atoms with Crippen molar-refractivity contribution in [3.63, 3.8) is 0 Å². The van der Waals surface area contributed by atoms with Gasteiger partial charge in [0.15, 0.2) is 0 Å². The van der Waals surface area contributed by atoms with Crippen molar-refractivity contribution in [1.29, 1.82) is 0 Å². The van der Waals surface area contributed by atoms with Gasteiger partial charge in [0.2, 0.25) is 21.8 Å². The number of amides is 2. The van der Waals surface area contributed by atoms with E-state index in [2.05, 4.69) is 5.32 Å². The molecule has 0 aliphatic carbocycles. The molecule has 208 valence electrons. The zero-order valence-electron chi connectivity index (χ0n) is 22.9. The van der Waals surface area contributed by atoms with Crippen molar-refractivity contribution in [3.05, 3.63) is 96.1 Å². The number of nitrogens with zero attached hydrogens (tertiary/aromatic N) is 2. The fourth-order valence-corrected chi connectivity index (χ4v) is 5.05. The van der Waals surface area contributed by atoms with Gasteiger partial charge >= 0.3 is 0 Å². The molecule has 9 heteroatoms. The van der Waals surface area contributed by atoms with Crippen molar-refractivity contribution in [3.8, 4) is 5.75 Å². The lowest BCUT2D eigenvalue weighted by molar-refractivity contribution is -0.140. The molecule has 0 bridgehead atoms. The average Bonchev–Trinajstić information content (AvgIpc) is 2.90. The number of carbonyl (C=O) groups is 2. The van der Waals surface area contributed by atoms with Crippen LogP contribution in [0.15, 0.2) is 84.9 Å². The average molecular weight is 552 g/mol. The first kappa shape index (κ1) is 29.7. The van der Waals surface area contributed by atoms with E-state index in [1.807, 2.05) is 81.4 Å². The summed E-state index contributed by atoms with van der Waals surface area (Å²) in [7, 11) is -3.82. The molecule has 1 unspecified atom stereocenters. The van der Waals surface area contributed by atoms with Crippen LogP contribution in [0, 0.1) is 0 Å².